The van der Waals surface area contributed by atoms with Crippen LogP contribution < -0.4 is 14.8 Å². The fourth-order valence-electron chi connectivity index (χ4n) is 2.16. The number of hydrogen-bond acceptors (Lipinski definition) is 5. The zero-order valence-corrected chi connectivity index (χ0v) is 14.3. The van der Waals surface area contributed by atoms with Gasteiger partial charge in [-0.1, -0.05) is 41.4 Å². The van der Waals surface area contributed by atoms with Gasteiger partial charge in [-0.3, -0.25) is 4.79 Å². The molecule has 0 aromatic heterocycles. The molecule has 1 unspecified atom stereocenters. The summed E-state index contributed by atoms with van der Waals surface area (Å²) in [4.78, 5) is 24.0. The lowest BCUT2D eigenvalue weighted by molar-refractivity contribution is -0.156. The van der Waals surface area contributed by atoms with E-state index < -0.39 is 24.6 Å². The predicted octanol–water partition coefficient (Wildman–Crippen LogP) is 3.32. The van der Waals surface area contributed by atoms with Crippen molar-refractivity contribution in [2.24, 2.45) is 0 Å². The molecular formula is C17H13Cl2NO5. The molecule has 2 aromatic carbocycles. The quantitative estimate of drug-likeness (QED) is 0.822. The Morgan fingerprint density at radius 2 is 1.76 bits per heavy atom. The van der Waals surface area contributed by atoms with Gasteiger partial charge in [0.1, 0.15) is 6.61 Å². The van der Waals surface area contributed by atoms with Crippen LogP contribution in [0.1, 0.15) is 0 Å². The Hall–Kier alpha value is -2.44. The van der Waals surface area contributed by atoms with Gasteiger partial charge in [-0.2, -0.15) is 0 Å². The van der Waals surface area contributed by atoms with Crippen LogP contribution in [0.2, 0.25) is 10.0 Å². The Kier molecular flexibility index (Phi) is 5.31. The summed E-state index contributed by atoms with van der Waals surface area (Å²) in [6, 6.07) is 11.8. The molecule has 0 radical (unpaired) electrons. The number of carbonyl (C=O) groups is 2. The molecule has 1 aliphatic rings. The molecule has 1 heterocycles. The van der Waals surface area contributed by atoms with Crippen molar-refractivity contribution in [2.75, 3.05) is 18.5 Å². The minimum absolute atomic E-state index is 0.00775. The highest BCUT2D eigenvalue weighted by Crippen LogP contribution is 2.31. The zero-order valence-electron chi connectivity index (χ0n) is 12.8. The minimum atomic E-state index is -0.938. The normalized spacial score (nSPS) is 15.4. The van der Waals surface area contributed by atoms with Crippen LogP contribution in [0.15, 0.2) is 42.5 Å². The number of ether oxygens (including phenoxy) is 3. The number of hydrogen-bond donors (Lipinski definition) is 1. The third-order valence-electron chi connectivity index (χ3n) is 3.34. The highest BCUT2D eigenvalue weighted by atomic mass is 35.5. The maximum absolute atomic E-state index is 12.0. The van der Waals surface area contributed by atoms with E-state index in [0.29, 0.717) is 11.5 Å². The zero-order chi connectivity index (χ0) is 17.8. The van der Waals surface area contributed by atoms with Crippen molar-refractivity contribution in [1.29, 1.82) is 0 Å². The second-order valence-electron chi connectivity index (χ2n) is 5.12. The molecule has 6 nitrogen and oxygen atoms in total. The highest BCUT2D eigenvalue weighted by Gasteiger charge is 2.29. The summed E-state index contributed by atoms with van der Waals surface area (Å²) in [5, 5.41) is 3.07. The van der Waals surface area contributed by atoms with Crippen LogP contribution in [0, 0.1) is 0 Å². The number of rotatable bonds is 4. The average Bonchev–Trinajstić information content (AvgIpc) is 2.62. The molecule has 0 bridgehead atoms. The monoisotopic (exact) mass is 381 g/mol. The van der Waals surface area contributed by atoms with Gasteiger partial charge in [0.25, 0.3) is 5.91 Å². The van der Waals surface area contributed by atoms with E-state index in [0.717, 1.165) is 0 Å². The molecular weight excluding hydrogens is 369 g/mol. The van der Waals surface area contributed by atoms with Gasteiger partial charge in [-0.05, 0) is 24.3 Å². The molecule has 0 fully saturated rings. The van der Waals surface area contributed by atoms with E-state index in [2.05, 4.69) is 5.32 Å². The number of halogens is 2. The molecule has 1 atom stereocenters. The third kappa shape index (κ3) is 4.15. The maximum atomic E-state index is 12.0. The van der Waals surface area contributed by atoms with Crippen molar-refractivity contribution < 1.29 is 23.8 Å². The number of carbonyl (C=O) groups excluding carboxylic acids is 2. The summed E-state index contributed by atoms with van der Waals surface area (Å²) in [5.74, 6) is -0.268. The second kappa shape index (κ2) is 7.63. The van der Waals surface area contributed by atoms with Gasteiger partial charge >= 0.3 is 5.97 Å². The van der Waals surface area contributed by atoms with Crippen molar-refractivity contribution in [2.45, 2.75) is 6.10 Å². The summed E-state index contributed by atoms with van der Waals surface area (Å²) < 4.78 is 15.9. The number of anilines is 1. The third-order valence-corrected chi connectivity index (χ3v) is 3.97. The molecule has 0 spiro atoms. The van der Waals surface area contributed by atoms with E-state index in [9.17, 15) is 9.59 Å². The van der Waals surface area contributed by atoms with Gasteiger partial charge in [0, 0.05) is 0 Å². The van der Waals surface area contributed by atoms with Crippen molar-refractivity contribution in [3.05, 3.63) is 52.5 Å². The Morgan fingerprint density at radius 1 is 1.08 bits per heavy atom. The molecule has 0 aliphatic carbocycles. The first kappa shape index (κ1) is 17.4. The lowest BCUT2D eigenvalue weighted by Gasteiger charge is -2.24. The Bertz CT molecular complexity index is 791. The molecule has 8 heteroatoms. The van der Waals surface area contributed by atoms with Crippen molar-refractivity contribution >= 4 is 40.8 Å². The topological polar surface area (TPSA) is 73.9 Å². The first-order chi connectivity index (χ1) is 12.0. The molecule has 130 valence electrons. The van der Waals surface area contributed by atoms with Gasteiger partial charge in [-0.15, -0.1) is 0 Å². The van der Waals surface area contributed by atoms with Gasteiger partial charge < -0.3 is 19.5 Å². The molecule has 1 aliphatic heterocycles. The molecule has 0 saturated carbocycles. The molecule has 1 N–H and O–H groups in total. The lowest BCUT2D eigenvalue weighted by Crippen LogP contribution is -2.39. The number of fused-ring (bicyclic) bond motifs is 1. The maximum Gasteiger partial charge on any atom is 0.351 e. The van der Waals surface area contributed by atoms with E-state index in [4.69, 9.17) is 37.4 Å². The van der Waals surface area contributed by atoms with Gasteiger partial charge in [0.05, 0.1) is 15.7 Å². The first-order valence-electron chi connectivity index (χ1n) is 7.33. The van der Waals surface area contributed by atoms with Gasteiger partial charge in [-0.25, -0.2) is 4.79 Å². The molecule has 25 heavy (non-hydrogen) atoms. The Labute approximate surface area is 153 Å². The fraction of sp³-hybridized carbons (Fsp3) is 0.176. The molecule has 2 aromatic rings. The number of amides is 1. The number of para-hydroxylation sites is 3. The Morgan fingerprint density at radius 3 is 2.48 bits per heavy atom. The van der Waals surface area contributed by atoms with E-state index in [1.165, 1.54) is 0 Å². The average molecular weight is 382 g/mol. The summed E-state index contributed by atoms with van der Waals surface area (Å²) in [5.41, 5.74) is 0.262. The predicted molar refractivity (Wildman–Crippen MR) is 92.4 cm³/mol. The number of esters is 1. The second-order valence-corrected chi connectivity index (χ2v) is 5.93. The van der Waals surface area contributed by atoms with Gasteiger partial charge in [0.2, 0.25) is 6.10 Å². The van der Waals surface area contributed by atoms with Crippen molar-refractivity contribution in [3.8, 4) is 11.5 Å². The van der Waals surface area contributed by atoms with E-state index >= 15 is 0 Å². The van der Waals surface area contributed by atoms with E-state index in [1.807, 2.05) is 0 Å². The van der Waals surface area contributed by atoms with E-state index in [-0.39, 0.29) is 22.3 Å². The summed E-state index contributed by atoms with van der Waals surface area (Å²) in [6.45, 7) is -0.490. The SMILES string of the molecule is O=C(COC(=O)C1COc2ccccc2O1)Nc1c(Cl)cccc1Cl. The molecule has 0 saturated heterocycles. The molecule has 3 rings (SSSR count). The van der Waals surface area contributed by atoms with Crippen LogP contribution in [0.3, 0.4) is 0 Å². The largest absolute Gasteiger partial charge is 0.485 e. The lowest BCUT2D eigenvalue weighted by atomic mass is 10.2. The first-order valence-corrected chi connectivity index (χ1v) is 8.09. The van der Waals surface area contributed by atoms with Crippen LogP contribution in [0.25, 0.3) is 0 Å². The summed E-state index contributed by atoms with van der Waals surface area (Å²) in [7, 11) is 0. The van der Waals surface area contributed by atoms with Crippen LogP contribution in [0.5, 0.6) is 11.5 Å². The number of benzene rings is 2. The standard InChI is InChI=1S/C17H13Cl2NO5/c18-10-4-3-5-11(19)16(10)20-15(21)9-24-17(22)14-8-23-12-6-1-2-7-13(12)25-14/h1-7,14H,8-9H2,(H,20,21). The minimum Gasteiger partial charge on any atom is -0.485 e. The fourth-order valence-corrected chi connectivity index (χ4v) is 2.65. The smallest absolute Gasteiger partial charge is 0.351 e. The van der Waals surface area contributed by atoms with Crippen LogP contribution in [-0.4, -0.2) is 31.2 Å². The summed E-state index contributed by atoms with van der Waals surface area (Å²) >= 11 is 11.9. The van der Waals surface area contributed by atoms with E-state index in [1.54, 1.807) is 42.5 Å². The van der Waals surface area contributed by atoms with Gasteiger partial charge in [0.15, 0.2) is 18.1 Å². The van der Waals surface area contributed by atoms with Crippen LogP contribution in [-0.2, 0) is 14.3 Å². The highest BCUT2D eigenvalue weighted by molar-refractivity contribution is 6.39. The van der Waals surface area contributed by atoms with Crippen molar-refractivity contribution in [1.82, 2.24) is 0 Å². The Balaban J connectivity index is 1.53. The molecule has 1 amide bonds. The summed E-state index contributed by atoms with van der Waals surface area (Å²) in [6.07, 6.45) is -0.938. The number of nitrogens with one attached hydrogen (secondary N) is 1. The van der Waals surface area contributed by atoms with Crippen molar-refractivity contribution in [3.63, 3.8) is 0 Å². The van der Waals surface area contributed by atoms with Crippen LogP contribution >= 0.6 is 23.2 Å². The van der Waals surface area contributed by atoms with Crippen LogP contribution in [0.4, 0.5) is 5.69 Å².